The fraction of sp³-hybridized carbons (Fsp3) is 0.182. The van der Waals surface area contributed by atoms with Crippen LogP contribution in [0.5, 0.6) is 0 Å². The highest BCUT2D eigenvalue weighted by atomic mass is 32.1. The molecular weight excluding hydrogens is 192 g/mol. The first-order valence-electron chi connectivity index (χ1n) is 4.46. The molecule has 0 spiro atoms. The number of aryl methyl sites for hydroxylation is 2. The number of nitrogen functional groups attached to an aromatic ring is 1. The maximum absolute atomic E-state index is 5.72. The van der Waals surface area contributed by atoms with Crippen LogP contribution in [0, 0.1) is 13.8 Å². The van der Waals surface area contributed by atoms with Crippen LogP contribution in [0.4, 0.5) is 5.69 Å². The molecule has 2 heterocycles. The summed E-state index contributed by atoms with van der Waals surface area (Å²) in [5.41, 5.74) is 9.58. The van der Waals surface area contributed by atoms with Gasteiger partial charge in [0.15, 0.2) is 0 Å². The second-order valence-corrected chi connectivity index (χ2v) is 4.38. The number of nitrogens with zero attached hydrogens (tertiary/aromatic N) is 1. The molecule has 0 aliphatic carbocycles. The third-order valence-electron chi connectivity index (χ3n) is 2.26. The van der Waals surface area contributed by atoms with Gasteiger partial charge in [0, 0.05) is 10.4 Å². The Kier molecular flexibility index (Phi) is 2.25. The van der Waals surface area contributed by atoms with Crippen molar-refractivity contribution in [1.29, 1.82) is 0 Å². The summed E-state index contributed by atoms with van der Waals surface area (Å²) in [5.74, 6) is 0. The summed E-state index contributed by atoms with van der Waals surface area (Å²) >= 11 is 1.74. The van der Waals surface area contributed by atoms with Crippen molar-refractivity contribution in [2.45, 2.75) is 13.8 Å². The van der Waals surface area contributed by atoms with Gasteiger partial charge in [0.1, 0.15) is 0 Å². The van der Waals surface area contributed by atoms with Crippen LogP contribution in [0.1, 0.15) is 10.6 Å². The van der Waals surface area contributed by atoms with Crippen molar-refractivity contribution in [3.8, 4) is 11.3 Å². The lowest BCUT2D eigenvalue weighted by Crippen LogP contribution is -1.94. The van der Waals surface area contributed by atoms with Crippen LogP contribution in [0.3, 0.4) is 0 Å². The average molecular weight is 204 g/mol. The first kappa shape index (κ1) is 9.21. The van der Waals surface area contributed by atoms with E-state index in [4.69, 9.17) is 5.73 Å². The number of hydrogen-bond donors (Lipinski definition) is 1. The molecule has 0 aliphatic heterocycles. The Hall–Kier alpha value is -1.35. The molecule has 0 radical (unpaired) electrons. The van der Waals surface area contributed by atoms with Gasteiger partial charge < -0.3 is 5.73 Å². The van der Waals surface area contributed by atoms with Gasteiger partial charge in [0.2, 0.25) is 0 Å². The fourth-order valence-electron chi connectivity index (χ4n) is 1.37. The number of nitrogens with two attached hydrogens (primary N) is 1. The second kappa shape index (κ2) is 3.42. The van der Waals surface area contributed by atoms with Gasteiger partial charge in [-0.05, 0) is 37.4 Å². The summed E-state index contributed by atoms with van der Waals surface area (Å²) in [7, 11) is 0. The van der Waals surface area contributed by atoms with Crippen LogP contribution in [0.2, 0.25) is 0 Å². The monoisotopic (exact) mass is 204 g/mol. The van der Waals surface area contributed by atoms with E-state index in [9.17, 15) is 0 Å². The Balaban J connectivity index is 2.53. The van der Waals surface area contributed by atoms with Crippen LogP contribution in [0.15, 0.2) is 23.6 Å². The average Bonchev–Trinajstić information content (AvgIpc) is 2.57. The summed E-state index contributed by atoms with van der Waals surface area (Å²) in [6.45, 7) is 4.04. The highest BCUT2D eigenvalue weighted by Gasteiger charge is 2.05. The quantitative estimate of drug-likeness (QED) is 0.775. The normalized spacial score (nSPS) is 10.4. The van der Waals surface area contributed by atoms with Crippen molar-refractivity contribution >= 4 is 17.0 Å². The minimum Gasteiger partial charge on any atom is -0.397 e. The summed E-state index contributed by atoms with van der Waals surface area (Å²) in [5, 5.41) is 2.08. The third kappa shape index (κ3) is 1.51. The zero-order valence-corrected chi connectivity index (χ0v) is 9.06. The summed E-state index contributed by atoms with van der Waals surface area (Å²) < 4.78 is 0. The largest absolute Gasteiger partial charge is 0.397 e. The van der Waals surface area contributed by atoms with Gasteiger partial charge in [0.25, 0.3) is 0 Å². The first-order valence-corrected chi connectivity index (χ1v) is 5.34. The molecule has 2 rings (SSSR count). The molecule has 0 aromatic carbocycles. The van der Waals surface area contributed by atoms with E-state index in [0.29, 0.717) is 0 Å². The molecule has 0 saturated heterocycles. The Labute approximate surface area is 87.4 Å². The molecule has 2 nitrogen and oxygen atoms in total. The molecule has 0 bridgehead atoms. The lowest BCUT2D eigenvalue weighted by atomic mass is 10.1. The number of anilines is 1. The Bertz CT molecular complexity index is 460. The van der Waals surface area contributed by atoms with Crippen LogP contribution >= 0.6 is 11.3 Å². The predicted molar refractivity (Wildman–Crippen MR) is 61.4 cm³/mol. The molecule has 2 aromatic rings. The van der Waals surface area contributed by atoms with Gasteiger partial charge in [-0.2, -0.15) is 0 Å². The Morgan fingerprint density at radius 1 is 1.21 bits per heavy atom. The Morgan fingerprint density at radius 3 is 2.57 bits per heavy atom. The predicted octanol–water partition coefficient (Wildman–Crippen LogP) is 3.01. The van der Waals surface area contributed by atoms with Crippen LogP contribution in [0.25, 0.3) is 11.3 Å². The van der Waals surface area contributed by atoms with Gasteiger partial charge in [0.05, 0.1) is 17.1 Å². The molecule has 3 heteroatoms. The first-order chi connectivity index (χ1) is 6.68. The second-order valence-electron chi connectivity index (χ2n) is 3.26. The van der Waals surface area contributed by atoms with Crippen molar-refractivity contribution < 1.29 is 0 Å². The van der Waals surface area contributed by atoms with Gasteiger partial charge in [-0.15, -0.1) is 11.3 Å². The number of pyridine rings is 1. The van der Waals surface area contributed by atoms with Crippen molar-refractivity contribution in [2.24, 2.45) is 0 Å². The maximum Gasteiger partial charge on any atom is 0.0717 e. The third-order valence-corrected chi connectivity index (χ3v) is 3.11. The van der Waals surface area contributed by atoms with Crippen LogP contribution in [-0.2, 0) is 0 Å². The van der Waals surface area contributed by atoms with Gasteiger partial charge in [-0.1, -0.05) is 0 Å². The SMILES string of the molecule is Cc1nc(-c2ccsc2C)ccc1N. The topological polar surface area (TPSA) is 38.9 Å². The zero-order valence-electron chi connectivity index (χ0n) is 8.24. The molecule has 0 amide bonds. The number of thiophene rings is 1. The molecule has 2 N–H and O–H groups in total. The standard InChI is InChI=1S/C11H12N2S/c1-7-10(12)3-4-11(13-7)9-5-6-14-8(9)2/h3-6H,12H2,1-2H3. The van der Waals surface area contributed by atoms with E-state index in [1.165, 1.54) is 10.4 Å². The smallest absolute Gasteiger partial charge is 0.0717 e. The number of rotatable bonds is 1. The zero-order chi connectivity index (χ0) is 10.1. The van der Waals surface area contributed by atoms with E-state index in [-0.39, 0.29) is 0 Å². The van der Waals surface area contributed by atoms with Crippen molar-refractivity contribution in [3.05, 3.63) is 34.2 Å². The number of aromatic nitrogens is 1. The summed E-state index contributed by atoms with van der Waals surface area (Å²) in [4.78, 5) is 5.75. The van der Waals surface area contributed by atoms with E-state index >= 15 is 0 Å². The van der Waals surface area contributed by atoms with Crippen LogP contribution < -0.4 is 5.73 Å². The molecule has 72 valence electrons. The lowest BCUT2D eigenvalue weighted by molar-refractivity contribution is 1.21. The minimum absolute atomic E-state index is 0.752. The van der Waals surface area contributed by atoms with Crippen LogP contribution in [-0.4, -0.2) is 4.98 Å². The van der Waals surface area contributed by atoms with Gasteiger partial charge in [-0.3, -0.25) is 4.98 Å². The highest BCUT2D eigenvalue weighted by molar-refractivity contribution is 7.10. The maximum atomic E-state index is 5.72. The van der Waals surface area contributed by atoms with E-state index in [1.54, 1.807) is 11.3 Å². The highest BCUT2D eigenvalue weighted by Crippen LogP contribution is 2.26. The molecule has 0 aliphatic rings. The molecule has 0 unspecified atom stereocenters. The van der Waals surface area contributed by atoms with E-state index in [0.717, 1.165) is 17.1 Å². The summed E-state index contributed by atoms with van der Waals surface area (Å²) in [6.07, 6.45) is 0. The van der Waals surface area contributed by atoms with Crippen molar-refractivity contribution in [3.63, 3.8) is 0 Å². The minimum atomic E-state index is 0.752. The molecular formula is C11H12N2S. The molecule has 0 atom stereocenters. The molecule has 14 heavy (non-hydrogen) atoms. The van der Waals surface area contributed by atoms with E-state index in [1.807, 2.05) is 19.1 Å². The van der Waals surface area contributed by atoms with Gasteiger partial charge in [-0.25, -0.2) is 0 Å². The van der Waals surface area contributed by atoms with Crippen molar-refractivity contribution in [1.82, 2.24) is 4.98 Å². The van der Waals surface area contributed by atoms with E-state index < -0.39 is 0 Å². The lowest BCUT2D eigenvalue weighted by Gasteiger charge is -2.03. The van der Waals surface area contributed by atoms with Gasteiger partial charge >= 0.3 is 0 Å². The fourth-order valence-corrected chi connectivity index (χ4v) is 2.08. The summed E-state index contributed by atoms with van der Waals surface area (Å²) in [6, 6.07) is 5.98. The molecule has 0 fully saturated rings. The molecule has 0 saturated carbocycles. The molecule has 2 aromatic heterocycles. The van der Waals surface area contributed by atoms with Crippen molar-refractivity contribution in [2.75, 3.05) is 5.73 Å². The Morgan fingerprint density at radius 2 is 2.00 bits per heavy atom. The van der Waals surface area contributed by atoms with E-state index in [2.05, 4.69) is 23.4 Å². The number of hydrogen-bond acceptors (Lipinski definition) is 3.